The molecule has 2 aromatic carbocycles. The molecule has 0 spiro atoms. The van der Waals surface area contributed by atoms with E-state index in [1.165, 1.54) is 12.1 Å². The van der Waals surface area contributed by atoms with E-state index in [0.29, 0.717) is 10.6 Å². The van der Waals surface area contributed by atoms with Crippen molar-refractivity contribution in [3.63, 3.8) is 0 Å². The van der Waals surface area contributed by atoms with Crippen molar-refractivity contribution in [2.45, 2.75) is 4.90 Å². The molecular weight excluding hydrogens is 374 g/mol. The molecule has 0 bridgehead atoms. The van der Waals surface area contributed by atoms with Crippen LogP contribution in [0.2, 0.25) is 0 Å². The molecule has 0 saturated carbocycles. The van der Waals surface area contributed by atoms with Crippen LogP contribution in [0.5, 0.6) is 5.88 Å². The van der Waals surface area contributed by atoms with Gasteiger partial charge in [0.05, 0.1) is 15.8 Å². The second kappa shape index (κ2) is 6.04. The van der Waals surface area contributed by atoms with Crippen molar-refractivity contribution in [3.05, 3.63) is 70.1 Å². The van der Waals surface area contributed by atoms with Crippen molar-refractivity contribution < 1.29 is 18.3 Å². The van der Waals surface area contributed by atoms with Crippen molar-refractivity contribution in [1.82, 2.24) is 4.98 Å². The molecule has 2 heterocycles. The third-order valence-corrected chi connectivity index (χ3v) is 6.18. The number of thiazole rings is 1. The third kappa shape index (κ3) is 2.76. The molecule has 9 heteroatoms. The van der Waals surface area contributed by atoms with Gasteiger partial charge in [-0.2, -0.15) is 4.98 Å². The Hall–Kier alpha value is -3.04. The van der Waals surface area contributed by atoms with Crippen molar-refractivity contribution in [3.8, 4) is 5.88 Å². The molecule has 4 rings (SSSR count). The summed E-state index contributed by atoms with van der Waals surface area (Å²) < 4.78 is 27.1. The molecule has 0 saturated heterocycles. The number of rotatable bonds is 4. The number of carbonyl (C=O) groups is 1. The Morgan fingerprint density at radius 2 is 1.69 bits per heavy atom. The molecule has 1 aliphatic rings. The Morgan fingerprint density at radius 1 is 1.00 bits per heavy atom. The second-order valence-corrected chi connectivity index (χ2v) is 8.08. The number of aromatic hydroxyl groups is 1. The lowest BCUT2D eigenvalue weighted by Crippen LogP contribution is -2.22. The molecule has 0 radical (unpaired) electrons. The van der Waals surface area contributed by atoms with Gasteiger partial charge in [0.25, 0.3) is 15.9 Å². The summed E-state index contributed by atoms with van der Waals surface area (Å²) in [6.07, 6.45) is 0. The van der Waals surface area contributed by atoms with Crippen molar-refractivity contribution >= 4 is 38.0 Å². The van der Waals surface area contributed by atoms with E-state index in [2.05, 4.69) is 14.7 Å². The van der Waals surface area contributed by atoms with Crippen LogP contribution in [0.15, 0.2) is 64.5 Å². The van der Waals surface area contributed by atoms with E-state index >= 15 is 0 Å². The first-order chi connectivity index (χ1) is 12.5. The molecule has 0 aliphatic carbocycles. The quantitative estimate of drug-likeness (QED) is 0.697. The van der Waals surface area contributed by atoms with E-state index in [9.17, 15) is 18.3 Å². The lowest BCUT2D eigenvalue weighted by Gasteiger charge is -2.03. The lowest BCUT2D eigenvalue weighted by atomic mass is 10.1. The molecule has 0 atom stereocenters. The van der Waals surface area contributed by atoms with E-state index < -0.39 is 21.8 Å². The molecule has 0 fully saturated rings. The number of anilines is 1. The smallest absolute Gasteiger partial charge is 0.279 e. The average molecular weight is 385 g/mol. The van der Waals surface area contributed by atoms with Crippen LogP contribution >= 0.6 is 11.3 Å². The minimum absolute atomic E-state index is 0.0361. The fourth-order valence-corrected chi connectivity index (χ4v) is 4.74. The van der Waals surface area contributed by atoms with Crippen molar-refractivity contribution in [2.75, 3.05) is 4.72 Å². The van der Waals surface area contributed by atoms with Gasteiger partial charge < -0.3 is 5.11 Å². The number of fused-ring (bicyclic) bond motifs is 1. The Kier molecular flexibility index (Phi) is 3.82. The molecule has 3 aromatic rings. The predicted molar refractivity (Wildman–Crippen MR) is 95.8 cm³/mol. The zero-order valence-corrected chi connectivity index (χ0v) is 14.7. The van der Waals surface area contributed by atoms with Gasteiger partial charge in [0.2, 0.25) is 11.0 Å². The van der Waals surface area contributed by atoms with Crippen LogP contribution in [0, 0.1) is 0 Å². The average Bonchev–Trinajstić information content (AvgIpc) is 3.13. The van der Waals surface area contributed by atoms with Crippen LogP contribution < -0.4 is 15.3 Å². The minimum atomic E-state index is -3.85. The molecule has 0 unspecified atom stereocenters. The van der Waals surface area contributed by atoms with Crippen LogP contribution in [-0.4, -0.2) is 24.4 Å². The highest BCUT2D eigenvalue weighted by atomic mass is 32.2. The van der Waals surface area contributed by atoms with E-state index in [0.717, 1.165) is 11.3 Å². The summed E-state index contributed by atoms with van der Waals surface area (Å²) in [5, 5.41) is 11.2. The van der Waals surface area contributed by atoms with Gasteiger partial charge in [0.15, 0.2) is 0 Å². The maximum Gasteiger partial charge on any atom is 0.279 e. The number of carbonyl (C=O) groups excluding carboxylic acids is 1. The van der Waals surface area contributed by atoms with Gasteiger partial charge >= 0.3 is 0 Å². The maximum absolute atomic E-state index is 12.4. The van der Waals surface area contributed by atoms with Crippen LogP contribution in [-0.2, 0) is 14.8 Å². The Bertz CT molecular complexity index is 1250. The van der Waals surface area contributed by atoms with E-state index in [1.807, 2.05) is 0 Å². The predicted octanol–water partition coefficient (Wildman–Crippen LogP) is 1.01. The highest BCUT2D eigenvalue weighted by Crippen LogP contribution is 2.34. The summed E-state index contributed by atoms with van der Waals surface area (Å²) >= 11 is 0.876. The third-order valence-electron chi connectivity index (χ3n) is 3.72. The normalized spacial score (nSPS) is 13.4. The summed E-state index contributed by atoms with van der Waals surface area (Å²) in [6.45, 7) is 0. The Balaban J connectivity index is 1.77. The van der Waals surface area contributed by atoms with Gasteiger partial charge in [0.1, 0.15) is 4.88 Å². The van der Waals surface area contributed by atoms with Crippen LogP contribution in [0.1, 0.15) is 4.88 Å². The van der Waals surface area contributed by atoms with Crippen LogP contribution in [0.3, 0.4) is 0 Å². The molecule has 130 valence electrons. The summed E-state index contributed by atoms with van der Waals surface area (Å²) in [4.78, 5) is 20.2. The van der Waals surface area contributed by atoms with Gasteiger partial charge in [-0.05, 0) is 18.2 Å². The number of benzene rings is 2. The van der Waals surface area contributed by atoms with Crippen LogP contribution in [0.4, 0.5) is 5.13 Å². The van der Waals surface area contributed by atoms with Crippen molar-refractivity contribution in [1.29, 1.82) is 0 Å². The number of aromatic nitrogens is 1. The zero-order chi connectivity index (χ0) is 18.3. The zero-order valence-electron chi connectivity index (χ0n) is 13.1. The monoisotopic (exact) mass is 385 g/mol. The molecule has 26 heavy (non-hydrogen) atoms. The summed E-state index contributed by atoms with van der Waals surface area (Å²) in [6, 6.07) is 14.7. The molecule has 2 N–H and O–H groups in total. The summed E-state index contributed by atoms with van der Waals surface area (Å²) in [5.74, 6) is -0.918. The van der Waals surface area contributed by atoms with E-state index in [1.54, 1.807) is 42.5 Å². The molecule has 1 aliphatic heterocycles. The van der Waals surface area contributed by atoms with E-state index in [4.69, 9.17) is 0 Å². The number of sulfonamides is 1. The number of nitrogens with one attached hydrogen (secondary N) is 1. The lowest BCUT2D eigenvalue weighted by molar-refractivity contribution is -0.112. The van der Waals surface area contributed by atoms with Crippen LogP contribution in [0.25, 0.3) is 5.57 Å². The van der Waals surface area contributed by atoms with Gasteiger partial charge in [-0.3, -0.25) is 9.52 Å². The summed E-state index contributed by atoms with van der Waals surface area (Å²) in [5.41, 5.74) is 0.209. The number of nitrogens with zero attached hydrogens (tertiary/aromatic N) is 2. The highest BCUT2D eigenvalue weighted by molar-refractivity contribution is 7.93. The standard InChI is InChI=1S/C17H11N3O4S2/c21-15-13(11-8-4-5-9-12(11)18-15)14-16(22)19-17(25-14)20-26(23,24)10-6-2-1-3-7-10/h1-9,22H,(H,19,20). The molecule has 7 nitrogen and oxygen atoms in total. The fraction of sp³-hybridized carbons (Fsp3) is 0. The molecular formula is C17H11N3O4S2. The fourth-order valence-electron chi connectivity index (χ4n) is 2.57. The number of amides is 1. The Labute approximate surface area is 152 Å². The SMILES string of the molecule is O=C1N=c2ccccc2=C1c1sc(NS(=O)(=O)c2ccccc2)nc1O. The van der Waals surface area contributed by atoms with Gasteiger partial charge in [0, 0.05) is 5.22 Å². The first-order valence-electron chi connectivity index (χ1n) is 7.46. The number of para-hydroxylation sites is 1. The summed E-state index contributed by atoms with van der Waals surface area (Å²) in [7, 11) is -3.85. The van der Waals surface area contributed by atoms with Gasteiger partial charge in [-0.25, -0.2) is 13.4 Å². The highest BCUT2D eigenvalue weighted by Gasteiger charge is 2.26. The number of hydrogen-bond acceptors (Lipinski definition) is 6. The largest absolute Gasteiger partial charge is 0.492 e. The first-order valence-corrected chi connectivity index (χ1v) is 9.76. The number of hydrogen-bond donors (Lipinski definition) is 2. The second-order valence-electron chi connectivity index (χ2n) is 5.40. The molecule has 1 amide bonds. The maximum atomic E-state index is 12.4. The molecule has 1 aromatic heterocycles. The minimum Gasteiger partial charge on any atom is -0.492 e. The Morgan fingerprint density at radius 3 is 2.46 bits per heavy atom. The van der Waals surface area contributed by atoms with Gasteiger partial charge in [-0.15, -0.1) is 0 Å². The topological polar surface area (TPSA) is 109 Å². The van der Waals surface area contributed by atoms with Crippen molar-refractivity contribution in [2.24, 2.45) is 4.99 Å². The van der Waals surface area contributed by atoms with E-state index in [-0.39, 0.29) is 20.5 Å². The first kappa shape index (κ1) is 16.4. The van der Waals surface area contributed by atoms with Gasteiger partial charge in [-0.1, -0.05) is 47.7 Å².